The summed E-state index contributed by atoms with van der Waals surface area (Å²) in [5.41, 5.74) is 2.30. The van der Waals surface area contributed by atoms with Gasteiger partial charge in [-0.15, -0.1) is 5.10 Å². The quantitative estimate of drug-likeness (QED) is 0.580. The zero-order valence-electron chi connectivity index (χ0n) is 14.1. The predicted octanol–water partition coefficient (Wildman–Crippen LogP) is 2.71. The Hall–Kier alpha value is -3.61. The molecule has 2 heterocycles. The Morgan fingerprint density at radius 1 is 1.12 bits per heavy atom. The predicted molar refractivity (Wildman–Crippen MR) is 99.4 cm³/mol. The van der Waals surface area contributed by atoms with Crippen molar-refractivity contribution in [3.8, 4) is 17.1 Å². The minimum Gasteiger partial charge on any atom is -0.497 e. The number of hydrogen-bond donors (Lipinski definition) is 2. The van der Waals surface area contributed by atoms with Gasteiger partial charge in [-0.1, -0.05) is 18.2 Å². The highest BCUT2D eigenvalue weighted by molar-refractivity contribution is 5.58. The summed E-state index contributed by atoms with van der Waals surface area (Å²) in [5.74, 6) is 1.64. The first-order valence-corrected chi connectivity index (χ1v) is 8.15. The number of methoxy groups -OCH3 is 1. The highest BCUT2D eigenvalue weighted by Gasteiger charge is 2.10. The minimum atomic E-state index is -0.226. The van der Waals surface area contributed by atoms with Crippen molar-refractivity contribution < 1.29 is 4.74 Å². The Morgan fingerprint density at radius 3 is 2.62 bits per heavy atom. The summed E-state index contributed by atoms with van der Waals surface area (Å²) in [6.45, 7) is 0.487. The molecule has 0 spiro atoms. The largest absolute Gasteiger partial charge is 0.497 e. The Labute approximate surface area is 149 Å². The van der Waals surface area contributed by atoms with Crippen molar-refractivity contribution in [1.29, 1.82) is 0 Å². The molecule has 0 aliphatic carbocycles. The molecule has 0 atom stereocenters. The van der Waals surface area contributed by atoms with E-state index in [2.05, 4.69) is 20.4 Å². The number of H-pyrrole nitrogens is 1. The molecule has 0 amide bonds. The first kappa shape index (κ1) is 15.9. The van der Waals surface area contributed by atoms with Gasteiger partial charge in [0.05, 0.1) is 13.7 Å². The van der Waals surface area contributed by atoms with Crippen molar-refractivity contribution >= 4 is 11.5 Å². The van der Waals surface area contributed by atoms with Crippen LogP contribution in [0.15, 0.2) is 65.5 Å². The van der Waals surface area contributed by atoms with Gasteiger partial charge in [-0.25, -0.2) is 0 Å². The molecule has 2 N–H and O–H groups in total. The van der Waals surface area contributed by atoms with Crippen LogP contribution in [0.25, 0.3) is 17.2 Å². The number of nitrogens with one attached hydrogen (secondary N) is 2. The maximum Gasteiger partial charge on any atom is 0.275 e. The summed E-state index contributed by atoms with van der Waals surface area (Å²) in [4.78, 5) is 19.9. The Balaban J connectivity index is 1.63. The minimum absolute atomic E-state index is 0.226. The lowest BCUT2D eigenvalue weighted by Crippen LogP contribution is -2.17. The van der Waals surface area contributed by atoms with Crippen molar-refractivity contribution in [3.63, 3.8) is 0 Å². The molecular formula is C19H17N5O2. The third-order valence-corrected chi connectivity index (χ3v) is 3.99. The number of hydrogen-bond acceptors (Lipinski definition) is 5. The molecule has 0 saturated heterocycles. The topological polar surface area (TPSA) is 84.3 Å². The van der Waals surface area contributed by atoms with E-state index < -0.39 is 0 Å². The Morgan fingerprint density at radius 2 is 1.88 bits per heavy atom. The van der Waals surface area contributed by atoms with E-state index in [4.69, 9.17) is 4.74 Å². The molecule has 7 heteroatoms. The SMILES string of the molecule is COc1ccc(-c2nc3[nH]c(CNc4ccccc4)cc(=O)n3n2)cc1. The van der Waals surface area contributed by atoms with Crippen molar-refractivity contribution in [1.82, 2.24) is 19.6 Å². The number of para-hydroxylation sites is 1. The zero-order valence-corrected chi connectivity index (χ0v) is 14.1. The fraction of sp³-hybridized carbons (Fsp3) is 0.105. The van der Waals surface area contributed by atoms with Gasteiger partial charge in [0.15, 0.2) is 5.82 Å². The monoisotopic (exact) mass is 347 g/mol. The van der Waals surface area contributed by atoms with Crippen LogP contribution >= 0.6 is 0 Å². The molecule has 2 aromatic heterocycles. The van der Waals surface area contributed by atoms with Crippen LogP contribution in [0.1, 0.15) is 5.69 Å². The molecular weight excluding hydrogens is 330 g/mol. The highest BCUT2D eigenvalue weighted by Crippen LogP contribution is 2.19. The maximum atomic E-state index is 12.3. The van der Waals surface area contributed by atoms with E-state index in [0.29, 0.717) is 18.1 Å². The number of aromatic amines is 1. The molecule has 7 nitrogen and oxygen atoms in total. The van der Waals surface area contributed by atoms with Crippen LogP contribution in [-0.2, 0) is 6.54 Å². The number of fused-ring (bicyclic) bond motifs is 1. The molecule has 0 unspecified atom stereocenters. The van der Waals surface area contributed by atoms with Gasteiger partial charge in [0, 0.05) is 23.0 Å². The van der Waals surface area contributed by atoms with E-state index in [1.54, 1.807) is 7.11 Å². The lowest BCUT2D eigenvalue weighted by molar-refractivity contribution is 0.415. The van der Waals surface area contributed by atoms with E-state index >= 15 is 0 Å². The van der Waals surface area contributed by atoms with Gasteiger partial charge >= 0.3 is 0 Å². The van der Waals surface area contributed by atoms with Gasteiger partial charge < -0.3 is 15.0 Å². The molecule has 0 bridgehead atoms. The molecule has 0 aliphatic rings. The van der Waals surface area contributed by atoms with Crippen molar-refractivity contribution in [2.45, 2.75) is 6.54 Å². The van der Waals surface area contributed by atoms with Gasteiger partial charge in [0.2, 0.25) is 5.78 Å². The first-order chi connectivity index (χ1) is 12.7. The summed E-state index contributed by atoms with van der Waals surface area (Å²) in [5, 5.41) is 7.56. The highest BCUT2D eigenvalue weighted by atomic mass is 16.5. The van der Waals surface area contributed by atoms with Gasteiger partial charge in [0.25, 0.3) is 5.56 Å². The van der Waals surface area contributed by atoms with E-state index in [1.165, 1.54) is 10.6 Å². The van der Waals surface area contributed by atoms with E-state index in [0.717, 1.165) is 22.7 Å². The number of rotatable bonds is 5. The maximum absolute atomic E-state index is 12.3. The Bertz CT molecular complexity index is 1080. The average molecular weight is 347 g/mol. The van der Waals surface area contributed by atoms with E-state index in [-0.39, 0.29) is 5.56 Å². The van der Waals surface area contributed by atoms with Crippen LogP contribution in [0.3, 0.4) is 0 Å². The zero-order chi connectivity index (χ0) is 17.9. The van der Waals surface area contributed by atoms with Crippen molar-refractivity contribution in [2.24, 2.45) is 0 Å². The van der Waals surface area contributed by atoms with Gasteiger partial charge in [-0.3, -0.25) is 4.79 Å². The molecule has 0 fully saturated rings. The van der Waals surface area contributed by atoms with Crippen LogP contribution in [-0.4, -0.2) is 26.7 Å². The van der Waals surface area contributed by atoms with Crippen LogP contribution in [0, 0.1) is 0 Å². The first-order valence-electron chi connectivity index (χ1n) is 8.15. The van der Waals surface area contributed by atoms with Gasteiger partial charge in [0.1, 0.15) is 5.75 Å². The number of aromatic nitrogens is 4. The molecule has 0 aliphatic heterocycles. The van der Waals surface area contributed by atoms with Gasteiger partial charge in [-0.2, -0.15) is 9.50 Å². The number of nitrogens with zero attached hydrogens (tertiary/aromatic N) is 3. The van der Waals surface area contributed by atoms with Crippen molar-refractivity contribution in [3.05, 3.63) is 76.7 Å². The summed E-state index contributed by atoms with van der Waals surface area (Å²) >= 11 is 0. The van der Waals surface area contributed by atoms with Gasteiger partial charge in [-0.05, 0) is 36.4 Å². The molecule has 4 rings (SSSR count). The second kappa shape index (κ2) is 6.72. The third-order valence-electron chi connectivity index (χ3n) is 3.99. The van der Waals surface area contributed by atoms with E-state index in [1.807, 2.05) is 54.6 Å². The normalized spacial score (nSPS) is 10.8. The molecule has 0 radical (unpaired) electrons. The fourth-order valence-corrected chi connectivity index (χ4v) is 2.65. The molecule has 4 aromatic rings. The number of anilines is 1. The molecule has 0 saturated carbocycles. The van der Waals surface area contributed by atoms with Crippen LogP contribution in [0.5, 0.6) is 5.75 Å². The molecule has 2 aromatic carbocycles. The molecule has 26 heavy (non-hydrogen) atoms. The second-order valence-corrected chi connectivity index (χ2v) is 5.75. The second-order valence-electron chi connectivity index (χ2n) is 5.75. The average Bonchev–Trinajstić information content (AvgIpc) is 3.12. The van der Waals surface area contributed by atoms with E-state index in [9.17, 15) is 4.79 Å². The summed E-state index contributed by atoms with van der Waals surface area (Å²) in [6, 6.07) is 18.7. The van der Waals surface area contributed by atoms with Crippen LogP contribution in [0.2, 0.25) is 0 Å². The third kappa shape index (κ3) is 3.14. The summed E-state index contributed by atoms with van der Waals surface area (Å²) in [7, 11) is 1.61. The Kier molecular flexibility index (Phi) is 4.10. The summed E-state index contributed by atoms with van der Waals surface area (Å²) < 4.78 is 6.42. The lowest BCUT2D eigenvalue weighted by Gasteiger charge is -2.06. The standard InChI is InChI=1S/C19H17N5O2/c1-26-16-9-7-13(8-10-16)18-22-19-21-15(11-17(25)24(19)23-18)12-20-14-5-3-2-4-6-14/h2-11,20H,12H2,1H3,(H,21,22,23). The van der Waals surface area contributed by atoms with Crippen molar-refractivity contribution in [2.75, 3.05) is 12.4 Å². The fourth-order valence-electron chi connectivity index (χ4n) is 2.65. The summed E-state index contributed by atoms with van der Waals surface area (Å²) in [6.07, 6.45) is 0. The lowest BCUT2D eigenvalue weighted by atomic mass is 10.2. The van der Waals surface area contributed by atoms with Crippen LogP contribution in [0.4, 0.5) is 5.69 Å². The van der Waals surface area contributed by atoms with Crippen LogP contribution < -0.4 is 15.6 Å². The number of ether oxygens (including phenoxy) is 1. The number of benzene rings is 2. The molecule has 130 valence electrons. The smallest absolute Gasteiger partial charge is 0.275 e.